The highest BCUT2D eigenvalue weighted by molar-refractivity contribution is 8.06. The first-order valence-electron chi connectivity index (χ1n) is 8.07. The number of rotatable bonds is 4. The Morgan fingerprint density at radius 1 is 1.33 bits per heavy atom. The van der Waals surface area contributed by atoms with E-state index in [1.54, 1.807) is 0 Å². The molecule has 0 radical (unpaired) electrons. The number of hydrogen-bond donors (Lipinski definition) is 1. The Hall–Kier alpha value is -0.200. The Morgan fingerprint density at radius 3 is 2.90 bits per heavy atom. The summed E-state index contributed by atoms with van der Waals surface area (Å²) in [7, 11) is 0. The highest BCUT2D eigenvalue weighted by Crippen LogP contribution is 2.43. The predicted molar refractivity (Wildman–Crippen MR) is 90.1 cm³/mol. The molecule has 21 heavy (non-hydrogen) atoms. The summed E-state index contributed by atoms with van der Waals surface area (Å²) in [5, 5.41) is 8.88. The molecule has 0 aliphatic carbocycles. The van der Waals surface area contributed by atoms with Crippen LogP contribution in [0.25, 0.3) is 0 Å². The minimum absolute atomic E-state index is 0.0533. The molecule has 1 aromatic rings. The molecule has 0 amide bonds. The molecule has 4 nitrogen and oxygen atoms in total. The standard InChI is InChI=1S/C15H25N3OS2/c1-3-11-12(21-9-8-20-11)13-17-14(19-18-13)15(4-2)6-5-7-16-10-15/h11-12,16H,3-10H2,1-2H3. The van der Waals surface area contributed by atoms with Gasteiger partial charge in [0.15, 0.2) is 5.82 Å². The highest BCUT2D eigenvalue weighted by atomic mass is 32.2. The zero-order chi connectivity index (χ0) is 14.7. The smallest absolute Gasteiger partial charge is 0.234 e. The first-order valence-corrected chi connectivity index (χ1v) is 10.2. The van der Waals surface area contributed by atoms with Crippen molar-refractivity contribution >= 4 is 23.5 Å². The first-order chi connectivity index (χ1) is 10.3. The van der Waals surface area contributed by atoms with E-state index in [-0.39, 0.29) is 5.41 Å². The number of aromatic nitrogens is 2. The van der Waals surface area contributed by atoms with Crippen LogP contribution in [0.2, 0.25) is 0 Å². The minimum atomic E-state index is 0.0533. The van der Waals surface area contributed by atoms with Crippen molar-refractivity contribution in [2.75, 3.05) is 24.6 Å². The van der Waals surface area contributed by atoms with Gasteiger partial charge in [0.05, 0.1) is 10.7 Å². The van der Waals surface area contributed by atoms with E-state index in [0.717, 1.165) is 37.6 Å². The molecule has 118 valence electrons. The number of nitrogens with one attached hydrogen (secondary N) is 1. The maximum Gasteiger partial charge on any atom is 0.234 e. The van der Waals surface area contributed by atoms with Gasteiger partial charge in [0.1, 0.15) is 0 Å². The van der Waals surface area contributed by atoms with E-state index in [1.165, 1.54) is 24.3 Å². The zero-order valence-electron chi connectivity index (χ0n) is 12.9. The first kappa shape index (κ1) is 15.7. The fourth-order valence-corrected chi connectivity index (χ4v) is 6.29. The lowest BCUT2D eigenvalue weighted by atomic mass is 9.78. The number of piperidine rings is 1. The lowest BCUT2D eigenvalue weighted by Gasteiger charge is -2.33. The molecule has 3 rings (SSSR count). The van der Waals surface area contributed by atoms with Crippen molar-refractivity contribution in [1.29, 1.82) is 0 Å². The third-order valence-electron chi connectivity index (χ3n) is 4.75. The lowest BCUT2D eigenvalue weighted by Crippen LogP contribution is -2.43. The Balaban J connectivity index is 1.81. The number of thioether (sulfide) groups is 2. The van der Waals surface area contributed by atoms with Crippen LogP contribution >= 0.6 is 23.5 Å². The summed E-state index contributed by atoms with van der Waals surface area (Å²) < 4.78 is 5.72. The summed E-state index contributed by atoms with van der Waals surface area (Å²) in [5.74, 6) is 4.22. The molecular formula is C15H25N3OS2. The van der Waals surface area contributed by atoms with Crippen LogP contribution in [0.3, 0.4) is 0 Å². The van der Waals surface area contributed by atoms with Crippen LogP contribution in [0.5, 0.6) is 0 Å². The number of hydrogen-bond acceptors (Lipinski definition) is 6. The van der Waals surface area contributed by atoms with Gasteiger partial charge in [-0.25, -0.2) is 0 Å². The molecule has 3 atom stereocenters. The van der Waals surface area contributed by atoms with Gasteiger partial charge in [-0.15, -0.1) is 11.8 Å². The van der Waals surface area contributed by atoms with Crippen LogP contribution in [0, 0.1) is 0 Å². The van der Waals surface area contributed by atoms with E-state index in [0.29, 0.717) is 10.5 Å². The van der Waals surface area contributed by atoms with Gasteiger partial charge >= 0.3 is 0 Å². The molecule has 2 fully saturated rings. The summed E-state index contributed by atoms with van der Waals surface area (Å²) in [6, 6.07) is 0. The molecule has 0 bridgehead atoms. The molecule has 3 heterocycles. The summed E-state index contributed by atoms with van der Waals surface area (Å²) in [4.78, 5) is 4.85. The molecule has 2 aliphatic rings. The molecule has 6 heteroatoms. The Kier molecular flexibility index (Phi) is 5.17. The SMILES string of the molecule is CCC1SCCSC1c1noc(C2(CC)CCCNC2)n1. The van der Waals surface area contributed by atoms with Crippen LogP contribution in [-0.2, 0) is 5.41 Å². The number of nitrogens with zero attached hydrogens (tertiary/aromatic N) is 2. The normalized spacial score (nSPS) is 34.0. The quantitative estimate of drug-likeness (QED) is 0.915. The molecule has 2 saturated heterocycles. The van der Waals surface area contributed by atoms with Gasteiger partial charge < -0.3 is 9.84 Å². The molecule has 0 saturated carbocycles. The van der Waals surface area contributed by atoms with Crippen LogP contribution in [0.1, 0.15) is 56.5 Å². The average molecular weight is 328 g/mol. The van der Waals surface area contributed by atoms with E-state index in [2.05, 4.69) is 36.1 Å². The third-order valence-corrected chi connectivity index (χ3v) is 7.99. The maximum absolute atomic E-state index is 5.72. The van der Waals surface area contributed by atoms with Crippen molar-refractivity contribution in [3.8, 4) is 0 Å². The van der Waals surface area contributed by atoms with E-state index in [1.807, 2.05) is 11.8 Å². The summed E-state index contributed by atoms with van der Waals surface area (Å²) in [6.45, 7) is 6.57. The third kappa shape index (κ3) is 3.13. The summed E-state index contributed by atoms with van der Waals surface area (Å²) in [5.41, 5.74) is 0.0533. The van der Waals surface area contributed by atoms with E-state index >= 15 is 0 Å². The van der Waals surface area contributed by atoms with Gasteiger partial charge in [0.25, 0.3) is 0 Å². The molecule has 0 aromatic carbocycles. The van der Waals surface area contributed by atoms with Gasteiger partial charge in [-0.1, -0.05) is 19.0 Å². The molecule has 2 aliphatic heterocycles. The van der Waals surface area contributed by atoms with Gasteiger partial charge in [-0.2, -0.15) is 16.7 Å². The van der Waals surface area contributed by atoms with Crippen molar-refractivity contribution in [2.45, 2.75) is 55.4 Å². The van der Waals surface area contributed by atoms with E-state index < -0.39 is 0 Å². The van der Waals surface area contributed by atoms with Crippen molar-refractivity contribution in [1.82, 2.24) is 15.5 Å². The van der Waals surface area contributed by atoms with Gasteiger partial charge in [-0.3, -0.25) is 0 Å². The molecule has 1 aromatic heterocycles. The average Bonchev–Trinajstić information content (AvgIpc) is 3.06. The zero-order valence-corrected chi connectivity index (χ0v) is 14.6. The monoisotopic (exact) mass is 327 g/mol. The predicted octanol–water partition coefficient (Wildman–Crippen LogP) is 3.40. The second-order valence-corrected chi connectivity index (χ2v) is 8.58. The molecule has 0 spiro atoms. The van der Waals surface area contributed by atoms with Gasteiger partial charge in [0, 0.05) is 23.3 Å². The topological polar surface area (TPSA) is 51.0 Å². The molecular weight excluding hydrogens is 302 g/mol. The minimum Gasteiger partial charge on any atom is -0.339 e. The fraction of sp³-hybridized carbons (Fsp3) is 0.867. The van der Waals surface area contributed by atoms with Crippen LogP contribution in [-0.4, -0.2) is 40.0 Å². The van der Waals surface area contributed by atoms with Crippen LogP contribution in [0.15, 0.2) is 4.52 Å². The summed E-state index contributed by atoms with van der Waals surface area (Å²) >= 11 is 4.06. The van der Waals surface area contributed by atoms with Crippen molar-refractivity contribution in [3.63, 3.8) is 0 Å². The second kappa shape index (κ2) is 6.92. The second-order valence-electron chi connectivity index (χ2n) is 5.98. The lowest BCUT2D eigenvalue weighted by molar-refractivity contribution is 0.220. The van der Waals surface area contributed by atoms with Gasteiger partial charge in [-0.05, 0) is 32.2 Å². The molecule has 3 unspecified atom stereocenters. The maximum atomic E-state index is 5.72. The van der Waals surface area contributed by atoms with Crippen molar-refractivity contribution in [3.05, 3.63) is 11.7 Å². The van der Waals surface area contributed by atoms with Crippen molar-refractivity contribution < 1.29 is 4.52 Å². The fourth-order valence-electron chi connectivity index (χ4n) is 3.31. The largest absolute Gasteiger partial charge is 0.339 e. The van der Waals surface area contributed by atoms with E-state index in [4.69, 9.17) is 9.51 Å². The van der Waals surface area contributed by atoms with Crippen LogP contribution in [0.4, 0.5) is 0 Å². The Bertz CT molecular complexity index is 460. The van der Waals surface area contributed by atoms with E-state index in [9.17, 15) is 0 Å². The highest BCUT2D eigenvalue weighted by Gasteiger charge is 2.39. The van der Waals surface area contributed by atoms with Crippen molar-refractivity contribution in [2.24, 2.45) is 0 Å². The Morgan fingerprint density at radius 2 is 2.19 bits per heavy atom. The van der Waals surface area contributed by atoms with Crippen LogP contribution < -0.4 is 5.32 Å². The van der Waals surface area contributed by atoms with Gasteiger partial charge in [0.2, 0.25) is 5.89 Å². The Labute approximate surface area is 135 Å². The summed E-state index contributed by atoms with van der Waals surface area (Å²) in [6.07, 6.45) is 4.58. The molecule has 1 N–H and O–H groups in total.